The number of nitrogens with one attached hydrogen (secondary N) is 3. The molecule has 0 aliphatic carbocycles. The summed E-state index contributed by atoms with van der Waals surface area (Å²) in [6.45, 7) is 12.6. The summed E-state index contributed by atoms with van der Waals surface area (Å²) in [4.78, 5) is 14.5. The van der Waals surface area contributed by atoms with Gasteiger partial charge in [-0.3, -0.25) is 4.99 Å². The smallest absolute Gasteiger partial charge is 0.119 e. The molecule has 4 rings (SSSR count). The van der Waals surface area contributed by atoms with Crippen molar-refractivity contribution >= 4 is 39.5 Å². The second-order valence-electron chi connectivity index (χ2n) is 7.05. The first-order chi connectivity index (χ1) is 11.4. The van der Waals surface area contributed by atoms with Crippen molar-refractivity contribution in [1.29, 1.82) is 0 Å². The van der Waals surface area contributed by atoms with Gasteiger partial charge >= 0.3 is 0 Å². The Labute approximate surface area is 142 Å². The van der Waals surface area contributed by atoms with Gasteiger partial charge in [0.1, 0.15) is 16.7 Å². The number of aryl methyl sites for hydroxylation is 2. The quantitative estimate of drug-likeness (QED) is 0.688. The Balaban J connectivity index is 2.12. The van der Waals surface area contributed by atoms with Crippen molar-refractivity contribution in [3.8, 4) is 0 Å². The molecule has 1 aromatic heterocycles. The summed E-state index contributed by atoms with van der Waals surface area (Å²) in [5.41, 5.74) is 8.73. The number of hydrogen-bond donors (Lipinski definition) is 3. The minimum Gasteiger partial charge on any atom is -0.377 e. The van der Waals surface area contributed by atoms with Crippen LogP contribution < -0.4 is 16.0 Å². The molecular formula is C18H24N6. The predicted octanol–water partition coefficient (Wildman–Crippen LogP) is 3.77. The second-order valence-corrected chi connectivity index (χ2v) is 7.05. The molecule has 0 saturated heterocycles. The van der Waals surface area contributed by atoms with Crippen LogP contribution in [0.1, 0.15) is 39.1 Å². The van der Waals surface area contributed by atoms with Gasteiger partial charge in [0.15, 0.2) is 0 Å². The van der Waals surface area contributed by atoms with Crippen molar-refractivity contribution in [2.75, 3.05) is 16.0 Å². The van der Waals surface area contributed by atoms with Crippen LogP contribution in [-0.4, -0.2) is 33.8 Å². The molecule has 0 fully saturated rings. The Morgan fingerprint density at radius 3 is 1.96 bits per heavy atom. The van der Waals surface area contributed by atoms with Crippen molar-refractivity contribution in [1.82, 2.24) is 9.97 Å². The van der Waals surface area contributed by atoms with E-state index in [9.17, 15) is 0 Å². The number of rotatable bonds is 0. The molecule has 3 unspecified atom stereocenters. The highest BCUT2D eigenvalue weighted by atomic mass is 15.1. The average molecular weight is 324 g/mol. The summed E-state index contributed by atoms with van der Waals surface area (Å²) >= 11 is 0. The van der Waals surface area contributed by atoms with Crippen molar-refractivity contribution < 1.29 is 0 Å². The lowest BCUT2D eigenvalue weighted by molar-refractivity contribution is 0.664. The number of nitrogens with zero attached hydrogens (tertiary/aromatic N) is 3. The number of benzene rings is 1. The monoisotopic (exact) mass is 324 g/mol. The molecule has 2 aliphatic rings. The molecule has 3 N–H and O–H groups in total. The Morgan fingerprint density at radius 1 is 0.708 bits per heavy atom. The largest absolute Gasteiger partial charge is 0.377 e. The van der Waals surface area contributed by atoms with Gasteiger partial charge in [0, 0.05) is 17.8 Å². The molecule has 2 aromatic rings. The van der Waals surface area contributed by atoms with Gasteiger partial charge in [-0.1, -0.05) is 0 Å². The fourth-order valence-corrected chi connectivity index (χ4v) is 3.26. The Kier molecular flexibility index (Phi) is 3.20. The van der Waals surface area contributed by atoms with Crippen LogP contribution in [0.2, 0.25) is 0 Å². The molecule has 0 radical (unpaired) electrons. The molecule has 0 amide bonds. The lowest BCUT2D eigenvalue weighted by Gasteiger charge is -2.36. The topological polar surface area (TPSA) is 74.2 Å². The summed E-state index contributed by atoms with van der Waals surface area (Å²) in [5.74, 6) is 0. The molecule has 2 aliphatic heterocycles. The van der Waals surface area contributed by atoms with Crippen molar-refractivity contribution in [2.45, 2.75) is 59.7 Å². The van der Waals surface area contributed by atoms with E-state index in [-0.39, 0.29) is 6.04 Å². The molecule has 0 bridgehead atoms. The maximum atomic E-state index is 4.86. The Morgan fingerprint density at radius 2 is 1.29 bits per heavy atom. The summed E-state index contributed by atoms with van der Waals surface area (Å²) in [7, 11) is 0. The molecular weight excluding hydrogens is 300 g/mol. The van der Waals surface area contributed by atoms with Crippen LogP contribution in [0.3, 0.4) is 0 Å². The van der Waals surface area contributed by atoms with Crippen LogP contribution >= 0.6 is 0 Å². The van der Waals surface area contributed by atoms with Gasteiger partial charge in [-0.25, -0.2) is 9.97 Å². The molecule has 0 saturated carbocycles. The van der Waals surface area contributed by atoms with Gasteiger partial charge < -0.3 is 16.0 Å². The van der Waals surface area contributed by atoms with Crippen LogP contribution in [-0.2, 0) is 0 Å². The van der Waals surface area contributed by atoms with Gasteiger partial charge in [-0.15, -0.1) is 0 Å². The van der Waals surface area contributed by atoms with E-state index in [4.69, 9.17) is 15.0 Å². The van der Waals surface area contributed by atoms with Crippen LogP contribution in [0, 0.1) is 13.8 Å². The average Bonchev–Trinajstić information content (AvgIpc) is 2.53. The van der Waals surface area contributed by atoms with Crippen LogP contribution in [0.15, 0.2) is 4.99 Å². The zero-order chi connectivity index (χ0) is 17.2. The third-order valence-electron chi connectivity index (χ3n) is 5.27. The normalized spacial score (nSPS) is 25.1. The number of aliphatic imine (C=N–C) groups is 1. The first-order valence-corrected chi connectivity index (χ1v) is 8.56. The summed E-state index contributed by atoms with van der Waals surface area (Å²) in [5, 5.41) is 10.9. The van der Waals surface area contributed by atoms with Gasteiger partial charge in [0.05, 0.1) is 34.5 Å². The number of anilines is 3. The van der Waals surface area contributed by atoms with E-state index in [0.717, 1.165) is 50.9 Å². The van der Waals surface area contributed by atoms with Gasteiger partial charge in [-0.05, 0) is 41.5 Å². The number of fused-ring (bicyclic) bond motifs is 6. The van der Waals surface area contributed by atoms with Crippen LogP contribution in [0.4, 0.5) is 22.7 Å². The third kappa shape index (κ3) is 2.05. The van der Waals surface area contributed by atoms with E-state index in [0.29, 0.717) is 12.1 Å². The Bertz CT molecular complexity index is 885. The minimum absolute atomic E-state index is 0.204. The second kappa shape index (κ2) is 5.06. The van der Waals surface area contributed by atoms with E-state index in [2.05, 4.69) is 43.6 Å². The van der Waals surface area contributed by atoms with Gasteiger partial charge in [-0.2, -0.15) is 0 Å². The van der Waals surface area contributed by atoms with Gasteiger partial charge in [0.2, 0.25) is 0 Å². The van der Waals surface area contributed by atoms with E-state index in [1.165, 1.54) is 0 Å². The summed E-state index contributed by atoms with van der Waals surface area (Å²) in [6, 6.07) is 0.839. The molecule has 3 atom stereocenters. The van der Waals surface area contributed by atoms with Crippen LogP contribution in [0.5, 0.6) is 0 Å². The SMILES string of the molecule is CC1=Nc2c(c3c(c4nc(C)c(C)nc24)NC(C)C(C)N3)NC1C. The fourth-order valence-electron chi connectivity index (χ4n) is 3.26. The highest BCUT2D eigenvalue weighted by Crippen LogP contribution is 2.49. The molecule has 6 nitrogen and oxygen atoms in total. The zero-order valence-electron chi connectivity index (χ0n) is 15.1. The first kappa shape index (κ1) is 15.2. The minimum atomic E-state index is 0.204. The third-order valence-corrected chi connectivity index (χ3v) is 5.27. The summed E-state index contributed by atoms with van der Waals surface area (Å²) < 4.78 is 0. The van der Waals surface area contributed by atoms with E-state index in [1.807, 2.05) is 13.8 Å². The molecule has 1 aromatic carbocycles. The number of aromatic nitrogens is 2. The Hall–Kier alpha value is -2.37. The predicted molar refractivity (Wildman–Crippen MR) is 101 cm³/mol. The van der Waals surface area contributed by atoms with Crippen LogP contribution in [0.25, 0.3) is 11.0 Å². The molecule has 126 valence electrons. The number of hydrogen-bond acceptors (Lipinski definition) is 6. The molecule has 6 heteroatoms. The molecule has 24 heavy (non-hydrogen) atoms. The maximum Gasteiger partial charge on any atom is 0.119 e. The van der Waals surface area contributed by atoms with Crippen molar-refractivity contribution in [2.24, 2.45) is 4.99 Å². The van der Waals surface area contributed by atoms with Crippen molar-refractivity contribution in [3.63, 3.8) is 0 Å². The highest BCUT2D eigenvalue weighted by Gasteiger charge is 2.31. The highest BCUT2D eigenvalue weighted by molar-refractivity contribution is 6.14. The zero-order valence-corrected chi connectivity index (χ0v) is 15.1. The lowest BCUT2D eigenvalue weighted by atomic mass is 10.0. The van der Waals surface area contributed by atoms with E-state index < -0.39 is 0 Å². The summed E-state index contributed by atoms with van der Waals surface area (Å²) in [6.07, 6.45) is 0. The molecule has 0 spiro atoms. The van der Waals surface area contributed by atoms with Gasteiger partial charge in [0.25, 0.3) is 0 Å². The lowest BCUT2D eigenvalue weighted by Crippen LogP contribution is -2.40. The van der Waals surface area contributed by atoms with E-state index in [1.54, 1.807) is 0 Å². The van der Waals surface area contributed by atoms with Crippen molar-refractivity contribution in [3.05, 3.63) is 11.4 Å². The maximum absolute atomic E-state index is 4.86. The first-order valence-electron chi connectivity index (χ1n) is 8.56. The van der Waals surface area contributed by atoms with E-state index >= 15 is 0 Å². The fraction of sp³-hybridized carbons (Fsp3) is 0.500. The standard InChI is InChI=1S/C18H24N6/c1-7-8(2)20-14-13(19-7)15-17(23-10(4)9(3)21-15)18-16(14)22-11(5)12(6)24-18/h7-9,19-21H,1-6H3. The molecule has 3 heterocycles.